The van der Waals surface area contributed by atoms with Crippen molar-refractivity contribution in [2.45, 2.75) is 62.1 Å². The lowest BCUT2D eigenvalue weighted by Gasteiger charge is -2.40. The van der Waals surface area contributed by atoms with Gasteiger partial charge in [-0.05, 0) is 55.0 Å². The Hall–Kier alpha value is -2.84. The highest BCUT2D eigenvalue weighted by Crippen LogP contribution is 2.67. The van der Waals surface area contributed by atoms with Crippen molar-refractivity contribution in [1.82, 2.24) is 4.90 Å². The Morgan fingerprint density at radius 1 is 1.26 bits per heavy atom. The highest BCUT2D eigenvalue weighted by molar-refractivity contribution is 8.02. The lowest BCUT2D eigenvalue weighted by molar-refractivity contribution is -0.154. The van der Waals surface area contributed by atoms with Crippen LogP contribution in [0.1, 0.15) is 40.0 Å². The topological polar surface area (TPSA) is 87.2 Å². The number of ether oxygens (including phenoxy) is 1. The fourth-order valence-corrected chi connectivity index (χ4v) is 9.22. The molecule has 0 aliphatic carbocycles. The maximum absolute atomic E-state index is 14.7. The first-order chi connectivity index (χ1) is 18.8. The largest absolute Gasteiger partial charge is 0.466 e. The monoisotopic (exact) mass is 550 g/mol. The Bertz CT molecular complexity index is 1280. The van der Waals surface area contributed by atoms with Crippen LogP contribution < -0.4 is 4.90 Å². The number of thioether (sulfide) groups is 1. The standard InChI is InChI=1S/C31H38N2O5S/c1-5-15-32(22-12-11-20-9-7-8-10-21(20)17-22)29(36)27-31-14-13-24(39-31)25(30(37)38-6-2)26(31)28(35)33(27)23(18-34)16-19(3)4/h5,7-12,17,19,23-27,34H,1,6,13-16,18H2,2-4H3/t23-,24-,25+,26+,27?,31?/m1/s1. The minimum Gasteiger partial charge on any atom is -0.466 e. The Balaban J connectivity index is 1.61. The molecule has 6 atom stereocenters. The lowest BCUT2D eigenvalue weighted by atomic mass is 9.71. The number of rotatable bonds is 10. The average molecular weight is 551 g/mol. The molecule has 0 saturated carbocycles. The van der Waals surface area contributed by atoms with Crippen molar-refractivity contribution >= 4 is 46.0 Å². The molecule has 2 bridgehead atoms. The van der Waals surface area contributed by atoms with Crippen molar-refractivity contribution in [3.8, 4) is 0 Å². The summed E-state index contributed by atoms with van der Waals surface area (Å²) in [6, 6.07) is 12.6. The van der Waals surface area contributed by atoms with Crippen LogP contribution >= 0.6 is 11.8 Å². The Morgan fingerprint density at radius 3 is 2.67 bits per heavy atom. The Labute approximate surface area is 234 Å². The average Bonchev–Trinajstić information content (AvgIpc) is 3.57. The summed E-state index contributed by atoms with van der Waals surface area (Å²) in [7, 11) is 0. The second kappa shape index (κ2) is 11.0. The van der Waals surface area contributed by atoms with E-state index in [0.717, 1.165) is 22.9 Å². The van der Waals surface area contributed by atoms with Crippen LogP contribution in [0.2, 0.25) is 0 Å². The smallest absolute Gasteiger partial charge is 0.310 e. The summed E-state index contributed by atoms with van der Waals surface area (Å²) >= 11 is 1.62. The van der Waals surface area contributed by atoms with E-state index in [-0.39, 0.29) is 48.7 Å². The number of hydrogen-bond donors (Lipinski definition) is 1. The number of carbonyl (C=O) groups excluding carboxylic acids is 3. The lowest BCUT2D eigenvalue weighted by Crippen LogP contribution is -2.57. The normalized spacial score (nSPS) is 28.1. The van der Waals surface area contributed by atoms with Crippen LogP contribution in [0.3, 0.4) is 0 Å². The molecule has 208 valence electrons. The molecule has 8 heteroatoms. The number of benzene rings is 2. The van der Waals surface area contributed by atoms with Crippen LogP contribution in [0.15, 0.2) is 55.1 Å². The second-order valence-electron chi connectivity index (χ2n) is 11.3. The molecule has 0 radical (unpaired) electrons. The number of nitrogens with zero attached hydrogens (tertiary/aromatic N) is 2. The van der Waals surface area contributed by atoms with E-state index in [1.807, 2.05) is 56.3 Å². The van der Waals surface area contributed by atoms with Crippen molar-refractivity contribution in [1.29, 1.82) is 0 Å². The van der Waals surface area contributed by atoms with Gasteiger partial charge in [-0.1, -0.05) is 50.3 Å². The first-order valence-electron chi connectivity index (χ1n) is 14.0. The molecule has 3 aliphatic rings. The van der Waals surface area contributed by atoms with E-state index in [0.29, 0.717) is 12.8 Å². The van der Waals surface area contributed by atoms with Crippen LogP contribution in [0, 0.1) is 17.8 Å². The van der Waals surface area contributed by atoms with Gasteiger partial charge in [-0.15, -0.1) is 18.3 Å². The third kappa shape index (κ3) is 4.55. The van der Waals surface area contributed by atoms with E-state index in [2.05, 4.69) is 6.58 Å². The van der Waals surface area contributed by atoms with E-state index >= 15 is 0 Å². The fraction of sp³-hybridized carbons (Fsp3) is 0.516. The van der Waals surface area contributed by atoms with Crippen LogP contribution in [-0.2, 0) is 19.1 Å². The van der Waals surface area contributed by atoms with Crippen molar-refractivity contribution in [2.75, 3.05) is 24.7 Å². The zero-order chi connectivity index (χ0) is 27.9. The zero-order valence-electron chi connectivity index (χ0n) is 22.9. The molecule has 2 unspecified atom stereocenters. The molecule has 2 aromatic carbocycles. The molecule has 39 heavy (non-hydrogen) atoms. The molecule has 3 saturated heterocycles. The highest BCUT2D eigenvalue weighted by Gasteiger charge is 2.74. The van der Waals surface area contributed by atoms with Crippen LogP contribution in [0.4, 0.5) is 5.69 Å². The summed E-state index contributed by atoms with van der Waals surface area (Å²) in [5, 5.41) is 12.5. The molecular formula is C31H38N2O5S. The van der Waals surface area contributed by atoms with E-state index in [1.165, 1.54) is 0 Å². The van der Waals surface area contributed by atoms with Crippen molar-refractivity contribution in [3.63, 3.8) is 0 Å². The Kier molecular flexibility index (Phi) is 7.80. The number of hydrogen-bond acceptors (Lipinski definition) is 6. The number of carbonyl (C=O) groups is 3. The van der Waals surface area contributed by atoms with Gasteiger partial charge in [0.25, 0.3) is 5.91 Å². The molecular weight excluding hydrogens is 512 g/mol. The number of likely N-dealkylation sites (tertiary alicyclic amines) is 1. The molecule has 2 amide bonds. The van der Waals surface area contributed by atoms with Crippen molar-refractivity contribution in [2.24, 2.45) is 17.8 Å². The molecule has 3 heterocycles. The first kappa shape index (κ1) is 27.7. The predicted molar refractivity (Wildman–Crippen MR) is 154 cm³/mol. The number of amides is 2. The summed E-state index contributed by atoms with van der Waals surface area (Å²) in [5.74, 6) is -1.78. The quantitative estimate of drug-likeness (QED) is 0.348. The van der Waals surface area contributed by atoms with Gasteiger partial charge in [-0.2, -0.15) is 0 Å². The summed E-state index contributed by atoms with van der Waals surface area (Å²) in [5.41, 5.74) is 0.731. The summed E-state index contributed by atoms with van der Waals surface area (Å²) < 4.78 is 4.69. The predicted octanol–water partition coefficient (Wildman–Crippen LogP) is 4.42. The van der Waals surface area contributed by atoms with E-state index in [4.69, 9.17) is 4.74 Å². The van der Waals surface area contributed by atoms with Crippen LogP contribution in [0.5, 0.6) is 0 Å². The number of aliphatic hydroxyl groups excluding tert-OH is 1. The van der Waals surface area contributed by atoms with Gasteiger partial charge in [0.1, 0.15) is 6.04 Å². The zero-order valence-corrected chi connectivity index (χ0v) is 23.7. The number of aliphatic hydroxyl groups is 1. The number of esters is 1. The third-order valence-corrected chi connectivity index (χ3v) is 10.5. The van der Waals surface area contributed by atoms with Crippen LogP contribution in [-0.4, -0.2) is 69.6 Å². The van der Waals surface area contributed by atoms with Crippen molar-refractivity contribution < 1.29 is 24.2 Å². The highest BCUT2D eigenvalue weighted by atomic mass is 32.2. The second-order valence-corrected chi connectivity index (χ2v) is 12.9. The van der Waals surface area contributed by atoms with Crippen LogP contribution in [0.25, 0.3) is 10.8 Å². The number of anilines is 1. The van der Waals surface area contributed by atoms with Gasteiger partial charge in [-0.25, -0.2) is 0 Å². The first-order valence-corrected chi connectivity index (χ1v) is 14.8. The van der Waals surface area contributed by atoms with Crippen molar-refractivity contribution in [3.05, 3.63) is 55.1 Å². The minimum atomic E-state index is -0.799. The fourth-order valence-electron chi connectivity index (χ4n) is 7.03. The van der Waals surface area contributed by atoms with Gasteiger partial charge in [-0.3, -0.25) is 14.4 Å². The van der Waals surface area contributed by atoms with E-state index < -0.39 is 28.7 Å². The van der Waals surface area contributed by atoms with E-state index in [1.54, 1.807) is 34.6 Å². The molecule has 1 N–H and O–H groups in total. The maximum atomic E-state index is 14.7. The third-order valence-electron chi connectivity index (χ3n) is 8.50. The molecule has 1 spiro atoms. The molecule has 7 nitrogen and oxygen atoms in total. The van der Waals surface area contributed by atoms with Gasteiger partial charge < -0.3 is 19.6 Å². The molecule has 0 aromatic heterocycles. The molecule has 3 aliphatic heterocycles. The van der Waals surface area contributed by atoms with E-state index in [9.17, 15) is 19.5 Å². The maximum Gasteiger partial charge on any atom is 0.310 e. The van der Waals surface area contributed by atoms with Gasteiger partial charge in [0.05, 0.1) is 35.8 Å². The van der Waals surface area contributed by atoms with Gasteiger partial charge in [0.15, 0.2) is 0 Å². The minimum absolute atomic E-state index is 0.0540. The SMILES string of the molecule is C=CCN(C(=O)C1N([C@@H](CO)CC(C)C)C(=O)[C@@H]2[C@@H](C(=O)OCC)[C@H]3CCC12S3)c1ccc2ccccc2c1. The number of fused-ring (bicyclic) bond motifs is 2. The molecule has 3 fully saturated rings. The van der Waals surface area contributed by atoms with Gasteiger partial charge in [0, 0.05) is 17.5 Å². The molecule has 5 rings (SSSR count). The van der Waals surface area contributed by atoms with Gasteiger partial charge >= 0.3 is 5.97 Å². The summed E-state index contributed by atoms with van der Waals surface area (Å²) in [4.78, 5) is 45.5. The Morgan fingerprint density at radius 2 is 2.00 bits per heavy atom. The van der Waals surface area contributed by atoms with Gasteiger partial charge in [0.2, 0.25) is 5.91 Å². The summed E-state index contributed by atoms with van der Waals surface area (Å²) in [6.07, 6.45) is 3.67. The molecule has 2 aromatic rings. The summed E-state index contributed by atoms with van der Waals surface area (Å²) in [6.45, 7) is 10.0.